The summed E-state index contributed by atoms with van der Waals surface area (Å²) in [6.07, 6.45) is 4.95. The number of halogens is 1. The van der Waals surface area contributed by atoms with Gasteiger partial charge in [-0.1, -0.05) is 41.9 Å². The van der Waals surface area contributed by atoms with Crippen molar-refractivity contribution in [2.45, 2.75) is 43.2 Å². The molecule has 4 saturated heterocycles. The van der Waals surface area contributed by atoms with Gasteiger partial charge in [0.05, 0.1) is 39.3 Å². The summed E-state index contributed by atoms with van der Waals surface area (Å²) in [5.41, 5.74) is 4.95. The molecule has 5 aromatic carbocycles. The number of sulfonamides is 1. The van der Waals surface area contributed by atoms with Gasteiger partial charge < -0.3 is 39.6 Å². The molecule has 1 unspecified atom stereocenters. The molecule has 87 heavy (non-hydrogen) atoms. The van der Waals surface area contributed by atoms with Crippen molar-refractivity contribution in [2.24, 2.45) is 11.8 Å². The van der Waals surface area contributed by atoms with Crippen molar-refractivity contribution in [3.05, 3.63) is 159 Å². The first-order valence-corrected chi connectivity index (χ1v) is 30.7. The van der Waals surface area contributed by atoms with Crippen molar-refractivity contribution < 1.29 is 51.5 Å². The van der Waals surface area contributed by atoms with Crippen LogP contribution in [0.25, 0.3) is 22.2 Å². The van der Waals surface area contributed by atoms with Gasteiger partial charge in [-0.3, -0.25) is 49.2 Å². The first-order valence-electron chi connectivity index (χ1n) is 28.8. The van der Waals surface area contributed by atoms with Gasteiger partial charge >= 0.3 is 0 Å². The van der Waals surface area contributed by atoms with Crippen LogP contribution in [0.3, 0.4) is 0 Å². The number of anilines is 3. The number of hydrogen-bond acceptors (Lipinski definition) is 18. The van der Waals surface area contributed by atoms with Gasteiger partial charge in [0.15, 0.2) is 0 Å². The second-order valence-corrected chi connectivity index (χ2v) is 24.4. The highest BCUT2D eigenvalue weighted by Gasteiger charge is 2.46. The molecule has 0 radical (unpaired) electrons. The minimum Gasteiger partial charge on any atom is -0.493 e. The van der Waals surface area contributed by atoms with E-state index in [0.717, 1.165) is 70.4 Å². The molecule has 25 heteroatoms. The predicted octanol–water partition coefficient (Wildman–Crippen LogP) is 7.69. The fourth-order valence-electron chi connectivity index (χ4n) is 11.8. The number of nitrogens with zero attached hydrogens (tertiary/aromatic N) is 6. The number of ether oxygens (including phenoxy) is 3. The summed E-state index contributed by atoms with van der Waals surface area (Å²) in [6, 6.07) is 29.8. The van der Waals surface area contributed by atoms with Crippen molar-refractivity contribution in [3.8, 4) is 28.4 Å². The van der Waals surface area contributed by atoms with Crippen molar-refractivity contribution >= 4 is 84.9 Å². The number of carbonyl (C=O) groups is 5. The minimum atomic E-state index is -4.63. The summed E-state index contributed by atoms with van der Waals surface area (Å²) < 4.78 is 48.3. The Morgan fingerprint density at radius 1 is 0.816 bits per heavy atom. The zero-order valence-corrected chi connectivity index (χ0v) is 48.7. The number of aromatic nitrogens is 2. The highest BCUT2D eigenvalue weighted by molar-refractivity contribution is 7.90. The number of aromatic amines is 1. The number of hydrogen-bond donors (Lipinski definition) is 5. The highest BCUT2D eigenvalue weighted by Crippen LogP contribution is 2.38. The van der Waals surface area contributed by atoms with Gasteiger partial charge in [0.25, 0.3) is 33.4 Å². The van der Waals surface area contributed by atoms with E-state index < -0.39 is 61.1 Å². The van der Waals surface area contributed by atoms with E-state index in [2.05, 4.69) is 51.4 Å². The topological polar surface area (TPSA) is 280 Å². The standard InChI is InChI=1S/C62H62ClN11O12S/c63-42-9-7-40(8-10-42)46-3-2-6-54(85-37-39-34-71(35-39)22-21-64-51-5-1-4-48-57(51)62(79)73(61(48)78)52-15-16-56(75)68-60(52)77)49(46)36-70-23-25-72(26-24-70)43-11-13-47(55(30-43)86-44-29-41-17-20-65-58(41)67-33-44)59(76)69-87(82,83)45-12-14-50(53(31-45)74(80)81)66-32-38-18-27-84-28-19-38/h1-14,17,20,29-31,33,38-39,52,64,66H,15-16,18-19,21-28,32,34-37H2,(H,65,67)(H,69,76)(H,68,75,77). The van der Waals surface area contributed by atoms with E-state index in [1.54, 1.807) is 42.6 Å². The molecule has 7 aromatic rings. The summed E-state index contributed by atoms with van der Waals surface area (Å²) in [5.74, 6) is -1.57. The van der Waals surface area contributed by atoms with Crippen LogP contribution in [0.4, 0.5) is 22.7 Å². The lowest BCUT2D eigenvalue weighted by atomic mass is 9.97. The monoisotopic (exact) mass is 1220 g/mol. The van der Waals surface area contributed by atoms with Crippen LogP contribution in [-0.4, -0.2) is 152 Å². The Bertz CT molecular complexity index is 3940. The summed E-state index contributed by atoms with van der Waals surface area (Å²) in [7, 11) is -4.63. The van der Waals surface area contributed by atoms with E-state index >= 15 is 0 Å². The van der Waals surface area contributed by atoms with Crippen LogP contribution in [0.5, 0.6) is 17.2 Å². The molecule has 5 aliphatic heterocycles. The number of H-pyrrole nitrogens is 1. The molecule has 7 heterocycles. The molecule has 450 valence electrons. The largest absolute Gasteiger partial charge is 0.493 e. The number of nitro groups is 1. The maximum atomic E-state index is 14.1. The molecule has 0 saturated carbocycles. The van der Waals surface area contributed by atoms with Crippen molar-refractivity contribution in [2.75, 3.05) is 94.3 Å². The number of nitrogens with one attached hydrogen (secondary N) is 5. The number of likely N-dealkylation sites (tertiary alicyclic amines) is 1. The first-order chi connectivity index (χ1) is 42.1. The van der Waals surface area contributed by atoms with E-state index in [1.165, 1.54) is 24.4 Å². The van der Waals surface area contributed by atoms with E-state index in [4.69, 9.17) is 25.8 Å². The highest BCUT2D eigenvalue weighted by atomic mass is 35.5. The zero-order valence-electron chi connectivity index (χ0n) is 47.2. The number of pyridine rings is 1. The SMILES string of the molecule is O=C1CCC(N2C(=O)c3cccc(NCCN4CC(COc5cccc(-c6ccc(Cl)cc6)c5CN5CCN(c6ccc(C(=O)NS(=O)(=O)c7ccc(NCC8CCOCC8)c([N+](=O)[O-])c7)c(Oc7cnc8[nH]ccc8c7)c6)CC5)C4)c3C2=O)C(=O)N1. The number of carbonyl (C=O) groups excluding carboxylic acids is 5. The Morgan fingerprint density at radius 3 is 2.38 bits per heavy atom. The van der Waals surface area contributed by atoms with Crippen molar-refractivity contribution in [3.63, 3.8) is 0 Å². The lowest BCUT2D eigenvalue weighted by Gasteiger charge is -2.39. The Morgan fingerprint density at radius 2 is 1.60 bits per heavy atom. The summed E-state index contributed by atoms with van der Waals surface area (Å²) in [5, 5.41) is 22.3. The van der Waals surface area contributed by atoms with Gasteiger partial charge in [0.2, 0.25) is 11.8 Å². The minimum absolute atomic E-state index is 0.0424. The number of fused-ring (bicyclic) bond motifs is 2. The Balaban J connectivity index is 0.695. The predicted molar refractivity (Wildman–Crippen MR) is 324 cm³/mol. The lowest BCUT2D eigenvalue weighted by molar-refractivity contribution is -0.384. The number of piperidine rings is 1. The quantitative estimate of drug-likeness (QED) is 0.0262. The molecule has 4 fully saturated rings. The van der Waals surface area contributed by atoms with Gasteiger partial charge in [-0.15, -0.1) is 0 Å². The Hall–Kier alpha value is -8.94. The first kappa shape index (κ1) is 58.4. The number of piperazine rings is 1. The Kier molecular flexibility index (Phi) is 16.9. The van der Waals surface area contributed by atoms with Crippen LogP contribution in [0.1, 0.15) is 62.3 Å². The molecule has 12 rings (SSSR count). The summed E-state index contributed by atoms with van der Waals surface area (Å²) in [6.45, 7) is 7.93. The molecule has 5 aliphatic rings. The molecule has 0 spiro atoms. The van der Waals surface area contributed by atoms with E-state index in [-0.39, 0.29) is 52.8 Å². The van der Waals surface area contributed by atoms with Crippen molar-refractivity contribution in [1.82, 2.24) is 34.7 Å². The molecule has 1 atom stereocenters. The van der Waals surface area contributed by atoms with E-state index in [0.29, 0.717) is 94.3 Å². The molecule has 2 aromatic heterocycles. The second kappa shape index (κ2) is 25.2. The van der Waals surface area contributed by atoms with Crippen LogP contribution < -0.4 is 35.0 Å². The van der Waals surface area contributed by atoms with Gasteiger partial charge in [-0.25, -0.2) is 18.1 Å². The van der Waals surface area contributed by atoms with Crippen LogP contribution in [0.2, 0.25) is 5.02 Å². The van der Waals surface area contributed by atoms with Gasteiger partial charge in [0, 0.05) is 137 Å². The number of imide groups is 2. The third kappa shape index (κ3) is 12.8. The number of benzene rings is 5. The summed E-state index contributed by atoms with van der Waals surface area (Å²) in [4.78, 5) is 91.9. The maximum Gasteiger partial charge on any atom is 0.293 e. The molecule has 5 amide bonds. The number of nitro benzene ring substituents is 1. The molecule has 5 N–H and O–H groups in total. The average molecular weight is 1220 g/mol. The van der Waals surface area contributed by atoms with Gasteiger partial charge in [-0.2, -0.15) is 0 Å². The van der Waals surface area contributed by atoms with Crippen LogP contribution in [-0.2, 0) is 30.9 Å². The van der Waals surface area contributed by atoms with Crippen LogP contribution in [0, 0.1) is 22.0 Å². The fourth-order valence-corrected chi connectivity index (χ4v) is 12.9. The third-order valence-corrected chi connectivity index (χ3v) is 18.1. The van der Waals surface area contributed by atoms with Crippen molar-refractivity contribution in [1.29, 1.82) is 0 Å². The normalized spacial score (nSPS) is 17.9. The maximum absolute atomic E-state index is 14.1. The summed E-state index contributed by atoms with van der Waals surface area (Å²) >= 11 is 6.36. The third-order valence-electron chi connectivity index (χ3n) is 16.6. The molecular formula is C62H62ClN11O12S. The second-order valence-electron chi connectivity index (χ2n) is 22.3. The fraction of sp³-hybridized carbons (Fsp3) is 0.323. The van der Waals surface area contributed by atoms with Crippen LogP contribution in [0.15, 0.2) is 126 Å². The number of amides is 5. The molecule has 23 nitrogen and oxygen atoms in total. The van der Waals surface area contributed by atoms with E-state index in [1.807, 2.05) is 42.5 Å². The Labute approximate surface area is 505 Å². The number of rotatable bonds is 21. The molecular weight excluding hydrogens is 1160 g/mol. The molecule has 0 bridgehead atoms. The van der Waals surface area contributed by atoms with Crippen LogP contribution >= 0.6 is 11.6 Å². The zero-order chi connectivity index (χ0) is 60.3. The van der Waals surface area contributed by atoms with Gasteiger partial charge in [-0.05, 0) is 103 Å². The van der Waals surface area contributed by atoms with Gasteiger partial charge in [0.1, 0.15) is 34.6 Å². The average Bonchev–Trinajstić information content (AvgIpc) is 2.66. The smallest absolute Gasteiger partial charge is 0.293 e. The lowest BCUT2D eigenvalue weighted by Crippen LogP contribution is -2.54. The molecule has 0 aliphatic carbocycles. The van der Waals surface area contributed by atoms with E-state index in [9.17, 15) is 42.5 Å².